The van der Waals surface area contributed by atoms with E-state index in [1.165, 1.54) is 0 Å². The van der Waals surface area contributed by atoms with Crippen LogP contribution in [0.3, 0.4) is 0 Å². The molecule has 1 rings (SSSR count). The van der Waals surface area contributed by atoms with Gasteiger partial charge in [-0.3, -0.25) is 0 Å². The van der Waals surface area contributed by atoms with E-state index in [9.17, 15) is 0 Å². The van der Waals surface area contributed by atoms with Gasteiger partial charge in [0.2, 0.25) is 0 Å². The van der Waals surface area contributed by atoms with Crippen molar-refractivity contribution in [3.63, 3.8) is 0 Å². The van der Waals surface area contributed by atoms with Crippen LogP contribution >= 0.6 is 0 Å². The van der Waals surface area contributed by atoms with Crippen LogP contribution in [0.15, 0.2) is 12.2 Å². The van der Waals surface area contributed by atoms with E-state index < -0.39 is 0 Å². The molecule has 0 bridgehead atoms. The fourth-order valence-electron chi connectivity index (χ4n) is 1.07. The Morgan fingerprint density at radius 2 is 2.38 bits per heavy atom. The second-order valence-corrected chi connectivity index (χ2v) is 2.53. The average molecular weight is 112 g/mol. The summed E-state index contributed by atoms with van der Waals surface area (Å²) in [5.74, 6) is 0.582. The minimum absolute atomic E-state index is 0.0741. The van der Waals surface area contributed by atoms with Crippen molar-refractivity contribution in [1.82, 2.24) is 0 Å². The predicted molar refractivity (Wildman–Crippen MR) is 33.5 cm³/mol. The first kappa shape index (κ1) is 5.83. The number of hydrogen-bond donors (Lipinski definition) is 1. The zero-order valence-corrected chi connectivity index (χ0v) is 5.17. The molecule has 1 heteroatoms. The minimum Gasteiger partial charge on any atom is -0.393 e. The molecule has 0 radical (unpaired) electrons. The molecule has 2 atom stereocenters. The third-order valence-electron chi connectivity index (χ3n) is 1.52. The van der Waals surface area contributed by atoms with Gasteiger partial charge in [0, 0.05) is 0 Å². The molecule has 0 saturated carbocycles. The molecule has 0 aliphatic heterocycles. The van der Waals surface area contributed by atoms with E-state index in [4.69, 9.17) is 5.11 Å². The molecule has 0 fully saturated rings. The van der Waals surface area contributed by atoms with Gasteiger partial charge >= 0.3 is 0 Å². The molecule has 0 spiro atoms. The standard InChI is InChI=1S/C7H12O/c1-6-3-2-4-7(8)5-6/h2-3,6-8H,4-5H2,1H3/t6-,7-/m1/s1. The maximum atomic E-state index is 9.03. The van der Waals surface area contributed by atoms with Crippen LogP contribution in [0.4, 0.5) is 0 Å². The molecule has 0 aromatic heterocycles. The molecule has 0 saturated heterocycles. The Morgan fingerprint density at radius 1 is 1.62 bits per heavy atom. The van der Waals surface area contributed by atoms with E-state index in [1.807, 2.05) is 0 Å². The molecule has 1 N–H and O–H groups in total. The second-order valence-electron chi connectivity index (χ2n) is 2.53. The Hall–Kier alpha value is -0.300. The zero-order chi connectivity index (χ0) is 5.98. The van der Waals surface area contributed by atoms with Crippen LogP contribution in [-0.2, 0) is 0 Å². The Balaban J connectivity index is 2.42. The molecule has 0 aromatic rings. The highest BCUT2D eigenvalue weighted by molar-refractivity contribution is 4.94. The smallest absolute Gasteiger partial charge is 0.0580 e. The number of aliphatic hydroxyl groups excluding tert-OH is 1. The highest BCUT2D eigenvalue weighted by Gasteiger charge is 2.09. The molecular weight excluding hydrogens is 100 g/mol. The van der Waals surface area contributed by atoms with Gasteiger partial charge in [-0.1, -0.05) is 19.1 Å². The lowest BCUT2D eigenvalue weighted by molar-refractivity contribution is 0.150. The van der Waals surface area contributed by atoms with Crippen LogP contribution in [0.2, 0.25) is 0 Å². The Morgan fingerprint density at radius 3 is 2.75 bits per heavy atom. The number of allylic oxidation sites excluding steroid dienone is 1. The first-order valence-corrected chi connectivity index (χ1v) is 3.14. The van der Waals surface area contributed by atoms with Gasteiger partial charge < -0.3 is 5.11 Å². The molecule has 8 heavy (non-hydrogen) atoms. The maximum absolute atomic E-state index is 9.03. The highest BCUT2D eigenvalue weighted by atomic mass is 16.3. The van der Waals surface area contributed by atoms with Crippen molar-refractivity contribution < 1.29 is 5.11 Å². The summed E-state index contributed by atoms with van der Waals surface area (Å²) in [4.78, 5) is 0. The Kier molecular flexibility index (Phi) is 1.69. The predicted octanol–water partition coefficient (Wildman–Crippen LogP) is 1.33. The van der Waals surface area contributed by atoms with Crippen LogP contribution in [0, 0.1) is 5.92 Å². The first-order valence-electron chi connectivity index (χ1n) is 3.14. The van der Waals surface area contributed by atoms with E-state index >= 15 is 0 Å². The SMILES string of the molecule is C[C@@H]1C=CC[C@@H](O)C1. The van der Waals surface area contributed by atoms with Crippen LogP contribution in [0.25, 0.3) is 0 Å². The van der Waals surface area contributed by atoms with Gasteiger partial charge in [-0.2, -0.15) is 0 Å². The summed E-state index contributed by atoms with van der Waals surface area (Å²) in [7, 11) is 0. The van der Waals surface area contributed by atoms with Crippen LogP contribution in [0.5, 0.6) is 0 Å². The summed E-state index contributed by atoms with van der Waals surface area (Å²) in [6, 6.07) is 0. The third-order valence-corrected chi connectivity index (χ3v) is 1.52. The summed E-state index contributed by atoms with van der Waals surface area (Å²) in [5, 5.41) is 9.03. The van der Waals surface area contributed by atoms with E-state index in [-0.39, 0.29) is 6.10 Å². The molecule has 46 valence electrons. The van der Waals surface area contributed by atoms with E-state index in [0.29, 0.717) is 5.92 Å². The van der Waals surface area contributed by atoms with Crippen molar-refractivity contribution in [3.05, 3.63) is 12.2 Å². The van der Waals surface area contributed by atoms with Crippen molar-refractivity contribution in [3.8, 4) is 0 Å². The van der Waals surface area contributed by atoms with Crippen LogP contribution in [-0.4, -0.2) is 11.2 Å². The first-order chi connectivity index (χ1) is 3.79. The molecule has 0 heterocycles. The maximum Gasteiger partial charge on any atom is 0.0580 e. The van der Waals surface area contributed by atoms with Gasteiger partial charge in [0.05, 0.1) is 6.10 Å². The van der Waals surface area contributed by atoms with Crippen molar-refractivity contribution >= 4 is 0 Å². The van der Waals surface area contributed by atoms with E-state index in [1.54, 1.807) is 0 Å². The fourth-order valence-corrected chi connectivity index (χ4v) is 1.07. The molecule has 0 amide bonds. The Bertz CT molecular complexity index is 96.6. The average Bonchev–Trinajstić information content (AvgIpc) is 1.64. The monoisotopic (exact) mass is 112 g/mol. The van der Waals surface area contributed by atoms with Crippen molar-refractivity contribution in [2.24, 2.45) is 5.92 Å². The second kappa shape index (κ2) is 2.31. The van der Waals surface area contributed by atoms with Gasteiger partial charge in [-0.25, -0.2) is 0 Å². The fraction of sp³-hybridized carbons (Fsp3) is 0.714. The van der Waals surface area contributed by atoms with Gasteiger partial charge in [-0.15, -0.1) is 0 Å². The van der Waals surface area contributed by atoms with Crippen molar-refractivity contribution in [2.75, 3.05) is 0 Å². The summed E-state index contributed by atoms with van der Waals surface area (Å²) in [6.45, 7) is 2.12. The van der Waals surface area contributed by atoms with Gasteiger partial charge in [0.15, 0.2) is 0 Å². The lowest BCUT2D eigenvalue weighted by atomic mass is 9.96. The van der Waals surface area contributed by atoms with Gasteiger partial charge in [0.25, 0.3) is 0 Å². The highest BCUT2D eigenvalue weighted by Crippen LogP contribution is 2.15. The van der Waals surface area contributed by atoms with Crippen molar-refractivity contribution in [2.45, 2.75) is 25.9 Å². The van der Waals surface area contributed by atoms with Crippen LogP contribution < -0.4 is 0 Å². The van der Waals surface area contributed by atoms with Crippen LogP contribution in [0.1, 0.15) is 19.8 Å². The summed E-state index contributed by atoms with van der Waals surface area (Å²) < 4.78 is 0. The number of aliphatic hydroxyl groups is 1. The molecule has 0 unspecified atom stereocenters. The summed E-state index contributed by atoms with van der Waals surface area (Å²) in [6.07, 6.45) is 5.93. The number of hydrogen-bond acceptors (Lipinski definition) is 1. The molecular formula is C7H12O. The lowest BCUT2D eigenvalue weighted by Gasteiger charge is -2.15. The zero-order valence-electron chi connectivity index (χ0n) is 5.17. The third kappa shape index (κ3) is 1.34. The Labute approximate surface area is 50.0 Å². The molecule has 1 aliphatic rings. The normalized spacial score (nSPS) is 37.8. The van der Waals surface area contributed by atoms with Gasteiger partial charge in [-0.05, 0) is 18.8 Å². The summed E-state index contributed by atoms with van der Waals surface area (Å²) in [5.41, 5.74) is 0. The quantitative estimate of drug-likeness (QED) is 0.469. The summed E-state index contributed by atoms with van der Waals surface area (Å²) >= 11 is 0. The minimum atomic E-state index is -0.0741. The molecule has 1 aliphatic carbocycles. The topological polar surface area (TPSA) is 20.2 Å². The van der Waals surface area contributed by atoms with E-state index in [0.717, 1.165) is 12.8 Å². The molecule has 1 nitrogen and oxygen atoms in total. The lowest BCUT2D eigenvalue weighted by Crippen LogP contribution is -2.12. The largest absolute Gasteiger partial charge is 0.393 e. The van der Waals surface area contributed by atoms with E-state index in [2.05, 4.69) is 19.1 Å². The molecule has 0 aromatic carbocycles. The van der Waals surface area contributed by atoms with Gasteiger partial charge in [0.1, 0.15) is 0 Å². The number of rotatable bonds is 0. The van der Waals surface area contributed by atoms with Crippen molar-refractivity contribution in [1.29, 1.82) is 0 Å².